The molecule has 0 aromatic rings. The van der Waals surface area contributed by atoms with E-state index in [9.17, 15) is 25.2 Å². The molecule has 2 heterocycles. The smallest absolute Gasteiger partial charge is 0.331 e. The quantitative estimate of drug-likeness (QED) is 0.302. The average molecular weight is 550 g/mol. The van der Waals surface area contributed by atoms with E-state index in [1.807, 2.05) is 0 Å². The fourth-order valence-electron chi connectivity index (χ4n) is 10.3. The van der Waals surface area contributed by atoms with Gasteiger partial charge in [-0.1, -0.05) is 13.8 Å². The molecule has 12 atom stereocenters. The Morgan fingerprint density at radius 3 is 2.51 bits per heavy atom. The molecule has 0 amide bonds. The summed E-state index contributed by atoms with van der Waals surface area (Å²) in [5.74, 6) is 1.14. The SMILES string of the molecule is CON(C1O[C@H](CO)[C@@H](O)C[C@H]1O)[C@H]1CC[C@@]2(C)C(CCC3C2CC[C@]2(C)[C@@H](C4=CC(=O)OC4)CC[C@]32O)C1. The first-order chi connectivity index (χ1) is 18.6. The highest BCUT2D eigenvalue weighted by Gasteiger charge is 2.68. The molecule has 0 aromatic carbocycles. The van der Waals surface area contributed by atoms with E-state index in [0.717, 1.165) is 63.4 Å². The Bertz CT molecular complexity index is 990. The Morgan fingerprint density at radius 1 is 1.03 bits per heavy atom. The van der Waals surface area contributed by atoms with E-state index in [2.05, 4.69) is 13.8 Å². The monoisotopic (exact) mass is 549 g/mol. The molecule has 1 saturated heterocycles. The van der Waals surface area contributed by atoms with Crippen molar-refractivity contribution in [2.24, 2.45) is 34.5 Å². The number of ether oxygens (including phenoxy) is 2. The predicted octanol–water partition coefficient (Wildman–Crippen LogP) is 2.30. The largest absolute Gasteiger partial charge is 0.458 e. The summed E-state index contributed by atoms with van der Waals surface area (Å²) in [6, 6.07) is 0.0681. The van der Waals surface area contributed by atoms with Crippen molar-refractivity contribution < 1.29 is 39.5 Å². The maximum absolute atomic E-state index is 12.4. The van der Waals surface area contributed by atoms with Crippen LogP contribution >= 0.6 is 0 Å². The molecule has 4 aliphatic carbocycles. The first-order valence-corrected chi connectivity index (χ1v) is 15.1. The molecule has 4 unspecified atom stereocenters. The minimum absolute atomic E-state index is 0.0681. The lowest BCUT2D eigenvalue weighted by Crippen LogP contribution is -2.63. The summed E-state index contributed by atoms with van der Waals surface area (Å²) >= 11 is 0. The molecule has 9 heteroatoms. The molecule has 4 saturated carbocycles. The first kappa shape index (κ1) is 28.1. The van der Waals surface area contributed by atoms with Gasteiger partial charge in [0.15, 0.2) is 6.23 Å². The third kappa shape index (κ3) is 4.17. The Morgan fingerprint density at radius 2 is 1.82 bits per heavy atom. The molecule has 6 aliphatic rings. The van der Waals surface area contributed by atoms with Crippen molar-refractivity contribution in [3.05, 3.63) is 11.6 Å². The van der Waals surface area contributed by atoms with Crippen LogP contribution in [0, 0.1) is 34.5 Å². The molecule has 39 heavy (non-hydrogen) atoms. The van der Waals surface area contributed by atoms with E-state index in [1.165, 1.54) is 0 Å². The number of rotatable bonds is 5. The molecule has 220 valence electrons. The number of carbonyl (C=O) groups excluding carboxylic acids is 1. The second kappa shape index (κ2) is 10.0. The van der Waals surface area contributed by atoms with Gasteiger partial charge in [-0.2, -0.15) is 5.06 Å². The number of hydrogen-bond acceptors (Lipinski definition) is 9. The van der Waals surface area contributed by atoms with Crippen LogP contribution in [0.3, 0.4) is 0 Å². The Balaban J connectivity index is 1.19. The normalized spacial score (nSPS) is 51.6. The number of aliphatic hydroxyl groups excluding tert-OH is 3. The number of nitrogens with zero attached hydrogens (tertiary/aromatic N) is 1. The summed E-state index contributed by atoms with van der Waals surface area (Å²) in [4.78, 5) is 17.6. The zero-order chi connectivity index (χ0) is 27.7. The van der Waals surface area contributed by atoms with Crippen molar-refractivity contribution in [1.29, 1.82) is 0 Å². The molecule has 9 nitrogen and oxygen atoms in total. The van der Waals surface area contributed by atoms with E-state index in [4.69, 9.17) is 14.3 Å². The summed E-state index contributed by atoms with van der Waals surface area (Å²) in [7, 11) is 1.60. The van der Waals surface area contributed by atoms with Gasteiger partial charge >= 0.3 is 5.97 Å². The average Bonchev–Trinajstić information content (AvgIpc) is 3.45. The van der Waals surface area contributed by atoms with E-state index in [1.54, 1.807) is 18.2 Å². The molecule has 0 aromatic heterocycles. The summed E-state index contributed by atoms with van der Waals surface area (Å²) in [6.07, 6.45) is 7.19. The Kier molecular flexibility index (Phi) is 7.22. The molecule has 2 aliphatic heterocycles. The number of hydrogen-bond donors (Lipinski definition) is 4. The van der Waals surface area contributed by atoms with Gasteiger partial charge in [0.25, 0.3) is 0 Å². The van der Waals surface area contributed by atoms with Crippen LogP contribution in [0.4, 0.5) is 0 Å². The number of hydroxylamine groups is 2. The highest BCUT2D eigenvalue weighted by Crippen LogP contribution is 2.70. The van der Waals surface area contributed by atoms with Crippen LogP contribution in [-0.2, 0) is 19.1 Å². The number of carbonyl (C=O) groups is 1. The van der Waals surface area contributed by atoms with E-state index in [0.29, 0.717) is 18.4 Å². The van der Waals surface area contributed by atoms with Crippen LogP contribution in [0.2, 0.25) is 0 Å². The highest BCUT2D eigenvalue weighted by molar-refractivity contribution is 5.85. The molecule has 5 fully saturated rings. The second-order valence-electron chi connectivity index (χ2n) is 13.9. The third-order valence-corrected chi connectivity index (χ3v) is 12.5. The fraction of sp³-hybridized carbons (Fsp3) is 0.900. The minimum Gasteiger partial charge on any atom is -0.458 e. The molecular formula is C30H47NO8. The van der Waals surface area contributed by atoms with Crippen LogP contribution in [0.25, 0.3) is 0 Å². The fourth-order valence-corrected chi connectivity index (χ4v) is 10.3. The predicted molar refractivity (Wildman–Crippen MR) is 141 cm³/mol. The van der Waals surface area contributed by atoms with Gasteiger partial charge in [0.1, 0.15) is 12.7 Å². The van der Waals surface area contributed by atoms with Crippen LogP contribution in [0.1, 0.15) is 78.1 Å². The number of aliphatic hydroxyl groups is 4. The van der Waals surface area contributed by atoms with Crippen LogP contribution in [0.15, 0.2) is 11.6 Å². The van der Waals surface area contributed by atoms with Crippen molar-refractivity contribution >= 4 is 5.97 Å². The van der Waals surface area contributed by atoms with E-state index >= 15 is 0 Å². The lowest BCUT2D eigenvalue weighted by atomic mass is 9.43. The van der Waals surface area contributed by atoms with Crippen molar-refractivity contribution in [3.63, 3.8) is 0 Å². The van der Waals surface area contributed by atoms with E-state index < -0.39 is 30.1 Å². The Hall–Kier alpha value is -1.07. The summed E-state index contributed by atoms with van der Waals surface area (Å²) < 4.78 is 11.2. The van der Waals surface area contributed by atoms with Crippen LogP contribution < -0.4 is 0 Å². The van der Waals surface area contributed by atoms with Gasteiger partial charge in [0, 0.05) is 24.0 Å². The van der Waals surface area contributed by atoms with Crippen LogP contribution in [0.5, 0.6) is 0 Å². The summed E-state index contributed by atoms with van der Waals surface area (Å²) in [5.41, 5.74) is 0.232. The lowest BCUT2D eigenvalue weighted by Gasteiger charge is -2.64. The molecule has 0 radical (unpaired) electrons. The van der Waals surface area contributed by atoms with Gasteiger partial charge < -0.3 is 29.9 Å². The maximum atomic E-state index is 12.4. The number of cyclic esters (lactones) is 1. The van der Waals surface area contributed by atoms with Gasteiger partial charge in [-0.05, 0) is 92.4 Å². The lowest BCUT2D eigenvalue weighted by molar-refractivity contribution is -0.328. The Labute approximate surface area is 231 Å². The van der Waals surface area contributed by atoms with Crippen molar-refractivity contribution in [2.75, 3.05) is 20.3 Å². The molecular weight excluding hydrogens is 502 g/mol. The summed E-state index contributed by atoms with van der Waals surface area (Å²) in [6.45, 7) is 4.77. The first-order valence-electron chi connectivity index (χ1n) is 15.1. The number of esters is 1. The van der Waals surface area contributed by atoms with Gasteiger partial charge in [0.05, 0.1) is 31.5 Å². The van der Waals surface area contributed by atoms with Crippen molar-refractivity contribution in [1.82, 2.24) is 5.06 Å². The van der Waals surface area contributed by atoms with Crippen molar-refractivity contribution in [3.8, 4) is 0 Å². The van der Waals surface area contributed by atoms with Gasteiger partial charge in [-0.15, -0.1) is 0 Å². The second-order valence-corrected chi connectivity index (χ2v) is 13.9. The zero-order valence-electron chi connectivity index (χ0n) is 23.6. The minimum atomic E-state index is -0.902. The molecule has 0 spiro atoms. The zero-order valence-corrected chi connectivity index (χ0v) is 23.6. The van der Waals surface area contributed by atoms with Gasteiger partial charge in [-0.3, -0.25) is 4.84 Å². The van der Waals surface area contributed by atoms with Gasteiger partial charge in [-0.25, -0.2) is 4.79 Å². The molecule has 4 N–H and O–H groups in total. The maximum Gasteiger partial charge on any atom is 0.331 e. The van der Waals surface area contributed by atoms with Crippen molar-refractivity contribution in [2.45, 2.75) is 114 Å². The topological polar surface area (TPSA) is 129 Å². The van der Waals surface area contributed by atoms with E-state index in [-0.39, 0.29) is 47.7 Å². The molecule has 0 bridgehead atoms. The highest BCUT2D eigenvalue weighted by atomic mass is 16.7. The van der Waals surface area contributed by atoms with Crippen LogP contribution in [-0.4, -0.2) is 88.0 Å². The standard InChI is InChI=1S/C30H47NO8/c1-28-9-6-19(31(37-3)27-24(34)14-23(33)25(15-32)39-27)13-18(28)4-5-22-21(28)7-10-29(2)20(8-11-30(22,29)36)17-12-26(35)38-16-17/h12,18-25,27,32-34,36H,4-11,13-16H2,1-3H3/t18?,19-,20+,21?,22?,23-,24+,25+,27?,28-,29+,30-/m0/s1. The summed E-state index contributed by atoms with van der Waals surface area (Å²) in [5, 5.41) is 44.8. The number of fused-ring (bicyclic) bond motifs is 5. The third-order valence-electron chi connectivity index (χ3n) is 12.5. The van der Waals surface area contributed by atoms with Gasteiger partial charge in [0.2, 0.25) is 0 Å². The molecule has 6 rings (SSSR count).